The third kappa shape index (κ3) is 6.70. The van der Waals surface area contributed by atoms with E-state index in [2.05, 4.69) is 10.3 Å². The molecule has 5 aromatic rings. The number of rotatable bonds is 8. The number of aryl methyl sites for hydroxylation is 1. The number of halogens is 5. The van der Waals surface area contributed by atoms with Crippen molar-refractivity contribution in [1.82, 2.24) is 19.3 Å². The van der Waals surface area contributed by atoms with Gasteiger partial charge in [0.05, 0.1) is 31.4 Å². The molecule has 268 valence electrons. The molecular formula is C35H33F5N6O5. The van der Waals surface area contributed by atoms with Gasteiger partial charge >= 0.3 is 12.1 Å². The van der Waals surface area contributed by atoms with Crippen LogP contribution in [0.15, 0.2) is 65.7 Å². The fourth-order valence-electron chi connectivity index (χ4n) is 6.29. The average Bonchev–Trinajstić information content (AvgIpc) is 3.59. The molecule has 0 bridgehead atoms. The summed E-state index contributed by atoms with van der Waals surface area (Å²) < 4.78 is 84.3. The fraction of sp³-hybridized carbons (Fsp3) is 0.314. The van der Waals surface area contributed by atoms with Crippen LogP contribution < -0.4 is 20.7 Å². The van der Waals surface area contributed by atoms with Gasteiger partial charge in [0, 0.05) is 74.5 Å². The van der Waals surface area contributed by atoms with E-state index in [1.807, 2.05) is 37.2 Å². The first-order valence-corrected chi connectivity index (χ1v) is 15.7. The molecule has 0 aliphatic carbocycles. The third-order valence-corrected chi connectivity index (χ3v) is 8.94. The van der Waals surface area contributed by atoms with E-state index >= 15 is 8.78 Å². The number of nitrogens with zero attached hydrogens (tertiary/aromatic N) is 5. The first-order valence-electron chi connectivity index (χ1n) is 15.7. The molecule has 0 unspecified atom stereocenters. The van der Waals surface area contributed by atoms with Crippen LogP contribution in [0, 0.1) is 11.6 Å². The van der Waals surface area contributed by atoms with Crippen LogP contribution in [0.4, 0.5) is 33.3 Å². The number of ether oxygens (including phenoxy) is 2. The molecule has 3 aromatic heterocycles. The lowest BCUT2D eigenvalue weighted by atomic mass is 10.0. The standard InChI is InChI=1S/C35H33F5N6O5/c1-43(2)20-6-8-28-19(13-20)14-24(33(48)44(28)3)23-7-5-21(46-10-9-41-31(23)46)17-27(34(49)50-4)42-32(47)30-25(36)15-22(16-26(30)37)45-11-12-51-18-29(45)35(38,39)40/h5-10,13-16,27,29H,11-12,17-18H2,1-4H3,(H,42,47)/t27-,29+/m0/s1. The SMILES string of the molecule is COC(=O)[C@H](Cc1ccc(-c2cc3cc(N(C)C)ccc3n(C)c2=O)c2nccn12)NC(=O)c1c(F)cc(N2CCOC[C@@H]2C(F)(F)F)cc1F. The van der Waals surface area contributed by atoms with Gasteiger partial charge in [0.15, 0.2) is 0 Å². The number of hydrogen-bond donors (Lipinski definition) is 1. The number of pyridine rings is 2. The number of benzene rings is 2. The topological polar surface area (TPSA) is 110 Å². The third-order valence-electron chi connectivity index (χ3n) is 8.94. The Balaban J connectivity index is 1.31. The van der Waals surface area contributed by atoms with E-state index in [1.165, 1.54) is 6.20 Å². The van der Waals surface area contributed by atoms with Crippen molar-refractivity contribution in [2.24, 2.45) is 7.05 Å². The molecule has 1 fully saturated rings. The molecule has 51 heavy (non-hydrogen) atoms. The second-order valence-electron chi connectivity index (χ2n) is 12.3. The van der Waals surface area contributed by atoms with Crippen LogP contribution >= 0.6 is 0 Å². The molecule has 2 aromatic carbocycles. The van der Waals surface area contributed by atoms with Crippen molar-refractivity contribution in [3.05, 3.63) is 94.2 Å². The summed E-state index contributed by atoms with van der Waals surface area (Å²) in [6.07, 6.45) is -1.88. The first-order chi connectivity index (χ1) is 24.2. The molecule has 1 saturated heterocycles. The van der Waals surface area contributed by atoms with Crippen LogP contribution in [0.2, 0.25) is 0 Å². The van der Waals surface area contributed by atoms with Gasteiger partial charge in [-0.25, -0.2) is 18.6 Å². The number of anilines is 2. The summed E-state index contributed by atoms with van der Waals surface area (Å²) in [4.78, 5) is 46.8. The zero-order valence-corrected chi connectivity index (χ0v) is 27.9. The lowest BCUT2D eigenvalue weighted by Gasteiger charge is -2.38. The molecule has 11 nitrogen and oxygen atoms in total. The summed E-state index contributed by atoms with van der Waals surface area (Å²) in [5.74, 6) is -5.10. The van der Waals surface area contributed by atoms with Crippen molar-refractivity contribution in [2.45, 2.75) is 24.7 Å². The minimum atomic E-state index is -4.74. The van der Waals surface area contributed by atoms with Crippen molar-refractivity contribution in [2.75, 3.05) is 50.8 Å². The molecule has 1 aliphatic heterocycles. The van der Waals surface area contributed by atoms with E-state index in [0.717, 1.165) is 28.6 Å². The largest absolute Gasteiger partial charge is 0.467 e. The fourth-order valence-corrected chi connectivity index (χ4v) is 6.29. The zero-order chi connectivity index (χ0) is 36.8. The normalized spacial score (nSPS) is 15.6. The number of alkyl halides is 3. The molecule has 0 radical (unpaired) electrons. The number of amides is 1. The van der Waals surface area contributed by atoms with Gasteiger partial charge < -0.3 is 33.6 Å². The molecule has 2 atom stereocenters. The van der Waals surface area contributed by atoms with Crippen molar-refractivity contribution < 1.29 is 41.0 Å². The monoisotopic (exact) mass is 712 g/mol. The molecule has 1 aliphatic rings. The van der Waals surface area contributed by atoms with E-state index in [0.29, 0.717) is 34.6 Å². The van der Waals surface area contributed by atoms with Gasteiger partial charge in [-0.15, -0.1) is 0 Å². The highest BCUT2D eigenvalue weighted by atomic mass is 19.4. The first kappa shape index (κ1) is 35.3. The van der Waals surface area contributed by atoms with Crippen molar-refractivity contribution in [3.8, 4) is 11.1 Å². The van der Waals surface area contributed by atoms with E-state index in [-0.39, 0.29) is 25.1 Å². The van der Waals surface area contributed by atoms with Crippen LogP contribution in [0.1, 0.15) is 16.1 Å². The van der Waals surface area contributed by atoms with Crippen LogP contribution in [-0.4, -0.2) is 85.1 Å². The Morgan fingerprint density at radius 3 is 2.47 bits per heavy atom. The molecule has 1 amide bonds. The molecular weight excluding hydrogens is 679 g/mol. The predicted molar refractivity (Wildman–Crippen MR) is 179 cm³/mol. The summed E-state index contributed by atoms with van der Waals surface area (Å²) in [5, 5.41) is 3.12. The highest BCUT2D eigenvalue weighted by Gasteiger charge is 2.46. The van der Waals surface area contributed by atoms with Gasteiger partial charge in [-0.05, 0) is 48.5 Å². The Morgan fingerprint density at radius 2 is 1.80 bits per heavy atom. The number of aromatic nitrogens is 3. The van der Waals surface area contributed by atoms with Crippen LogP contribution in [-0.2, 0) is 27.7 Å². The highest BCUT2D eigenvalue weighted by molar-refractivity contribution is 5.98. The number of nitrogens with one attached hydrogen (secondary N) is 1. The number of morpholine rings is 1. The molecule has 6 rings (SSSR count). The number of imidazole rings is 1. The summed E-state index contributed by atoms with van der Waals surface area (Å²) in [7, 11) is 6.56. The summed E-state index contributed by atoms with van der Waals surface area (Å²) in [6, 6.07) is 8.49. The number of hydrogen-bond acceptors (Lipinski definition) is 8. The lowest BCUT2D eigenvalue weighted by Crippen LogP contribution is -2.53. The Labute approximate surface area is 287 Å². The number of methoxy groups -OCH3 is 1. The van der Waals surface area contributed by atoms with Crippen molar-refractivity contribution >= 4 is 39.8 Å². The average molecular weight is 713 g/mol. The van der Waals surface area contributed by atoms with Gasteiger partial charge in [0.2, 0.25) is 0 Å². The number of fused-ring (bicyclic) bond motifs is 2. The van der Waals surface area contributed by atoms with Gasteiger partial charge in [-0.3, -0.25) is 9.59 Å². The minimum Gasteiger partial charge on any atom is -0.467 e. The van der Waals surface area contributed by atoms with Gasteiger partial charge in [0.25, 0.3) is 11.5 Å². The maximum Gasteiger partial charge on any atom is 0.411 e. The van der Waals surface area contributed by atoms with Crippen LogP contribution in [0.25, 0.3) is 27.7 Å². The predicted octanol–water partition coefficient (Wildman–Crippen LogP) is 4.48. The number of carbonyl (C=O) groups excluding carboxylic acids is 2. The van der Waals surface area contributed by atoms with E-state index in [4.69, 9.17) is 9.47 Å². The second kappa shape index (κ2) is 13.7. The lowest BCUT2D eigenvalue weighted by molar-refractivity contribution is -0.167. The Bertz CT molecular complexity index is 2190. The van der Waals surface area contributed by atoms with Crippen molar-refractivity contribution in [1.29, 1.82) is 0 Å². The summed E-state index contributed by atoms with van der Waals surface area (Å²) >= 11 is 0. The Hall–Kier alpha value is -5.51. The smallest absolute Gasteiger partial charge is 0.411 e. The molecule has 16 heteroatoms. The molecule has 0 saturated carbocycles. The van der Waals surface area contributed by atoms with Crippen LogP contribution in [0.3, 0.4) is 0 Å². The minimum absolute atomic E-state index is 0.0967. The highest BCUT2D eigenvalue weighted by Crippen LogP contribution is 2.33. The Morgan fingerprint density at radius 1 is 1.08 bits per heavy atom. The summed E-state index contributed by atoms with van der Waals surface area (Å²) in [6.45, 7) is -1.11. The van der Waals surface area contributed by atoms with Crippen molar-refractivity contribution in [3.63, 3.8) is 0 Å². The summed E-state index contributed by atoms with van der Waals surface area (Å²) in [5.41, 5.74) is 1.56. The van der Waals surface area contributed by atoms with E-state index < -0.39 is 59.6 Å². The van der Waals surface area contributed by atoms with Gasteiger partial charge in [0.1, 0.15) is 34.9 Å². The molecule has 0 spiro atoms. The Kier molecular flexibility index (Phi) is 9.46. The second-order valence-corrected chi connectivity index (χ2v) is 12.3. The maximum absolute atomic E-state index is 15.3. The number of esters is 1. The molecule has 1 N–H and O–H groups in total. The van der Waals surface area contributed by atoms with E-state index in [9.17, 15) is 27.6 Å². The van der Waals surface area contributed by atoms with Gasteiger partial charge in [-0.2, -0.15) is 13.2 Å². The van der Waals surface area contributed by atoms with Gasteiger partial charge in [-0.1, -0.05) is 0 Å². The van der Waals surface area contributed by atoms with E-state index in [1.54, 1.807) is 40.4 Å². The van der Waals surface area contributed by atoms with Crippen LogP contribution in [0.5, 0.6) is 0 Å². The quantitative estimate of drug-likeness (QED) is 0.186. The zero-order valence-electron chi connectivity index (χ0n) is 27.9. The molecule has 4 heterocycles. The maximum atomic E-state index is 15.3. The number of carbonyl (C=O) groups is 2.